The van der Waals surface area contributed by atoms with Gasteiger partial charge in [0.05, 0.1) is 6.04 Å². The molecule has 1 saturated heterocycles. The van der Waals surface area contributed by atoms with Gasteiger partial charge >= 0.3 is 0 Å². The molecule has 3 N–H and O–H groups in total. The Bertz CT molecular complexity index is 252. The fourth-order valence-electron chi connectivity index (χ4n) is 1.58. The fraction of sp³-hybridized carbons (Fsp3) is 0.556. The standard InChI is InChI=1S/C9H15N3O2/c1-2-9(14)12-4-3-11-6-7(12)5-8(10)13/h2,7,11H,1,3-6H2,(H2,10,13). The van der Waals surface area contributed by atoms with Crippen LogP contribution in [-0.2, 0) is 9.59 Å². The highest BCUT2D eigenvalue weighted by Gasteiger charge is 2.25. The highest BCUT2D eigenvalue weighted by Crippen LogP contribution is 2.07. The van der Waals surface area contributed by atoms with Crippen molar-refractivity contribution in [1.29, 1.82) is 0 Å². The van der Waals surface area contributed by atoms with Crippen molar-refractivity contribution in [2.75, 3.05) is 19.6 Å². The number of rotatable bonds is 3. The van der Waals surface area contributed by atoms with Crippen molar-refractivity contribution >= 4 is 11.8 Å². The summed E-state index contributed by atoms with van der Waals surface area (Å²) < 4.78 is 0. The van der Waals surface area contributed by atoms with Crippen LogP contribution in [0.2, 0.25) is 0 Å². The Morgan fingerprint density at radius 2 is 2.36 bits per heavy atom. The summed E-state index contributed by atoms with van der Waals surface area (Å²) in [7, 11) is 0. The third-order valence-electron chi connectivity index (χ3n) is 2.24. The summed E-state index contributed by atoms with van der Waals surface area (Å²) in [6, 6.07) is -0.133. The van der Waals surface area contributed by atoms with Crippen LogP contribution in [0.15, 0.2) is 12.7 Å². The summed E-state index contributed by atoms with van der Waals surface area (Å²) in [5, 5.41) is 3.11. The van der Waals surface area contributed by atoms with E-state index in [4.69, 9.17) is 5.73 Å². The van der Waals surface area contributed by atoms with Crippen molar-refractivity contribution in [1.82, 2.24) is 10.2 Å². The summed E-state index contributed by atoms with van der Waals surface area (Å²) in [5.41, 5.74) is 5.10. The van der Waals surface area contributed by atoms with E-state index in [0.717, 1.165) is 6.54 Å². The predicted molar refractivity (Wildman–Crippen MR) is 52.4 cm³/mol. The van der Waals surface area contributed by atoms with E-state index in [-0.39, 0.29) is 24.3 Å². The number of piperazine rings is 1. The highest BCUT2D eigenvalue weighted by atomic mass is 16.2. The number of amides is 2. The first-order chi connectivity index (χ1) is 6.65. The largest absolute Gasteiger partial charge is 0.370 e. The number of carbonyl (C=O) groups is 2. The SMILES string of the molecule is C=CC(=O)N1CCNCC1CC(N)=O. The van der Waals surface area contributed by atoms with Gasteiger partial charge in [0.25, 0.3) is 0 Å². The maximum absolute atomic E-state index is 11.4. The molecule has 0 bridgehead atoms. The van der Waals surface area contributed by atoms with Gasteiger partial charge in [-0.25, -0.2) is 0 Å². The molecule has 0 saturated carbocycles. The van der Waals surface area contributed by atoms with Gasteiger partial charge in [0, 0.05) is 26.1 Å². The van der Waals surface area contributed by atoms with E-state index >= 15 is 0 Å². The number of carbonyl (C=O) groups excluding carboxylic acids is 2. The van der Waals surface area contributed by atoms with Crippen LogP contribution in [0.5, 0.6) is 0 Å². The van der Waals surface area contributed by atoms with Crippen molar-refractivity contribution in [3.63, 3.8) is 0 Å². The molecule has 14 heavy (non-hydrogen) atoms. The minimum Gasteiger partial charge on any atom is -0.370 e. The van der Waals surface area contributed by atoms with Crippen LogP contribution in [0, 0.1) is 0 Å². The number of primary amides is 1. The molecule has 1 atom stereocenters. The Hall–Kier alpha value is -1.36. The van der Waals surface area contributed by atoms with E-state index in [2.05, 4.69) is 11.9 Å². The first-order valence-corrected chi connectivity index (χ1v) is 4.57. The first kappa shape index (κ1) is 10.7. The lowest BCUT2D eigenvalue weighted by molar-refractivity contribution is -0.130. The van der Waals surface area contributed by atoms with Gasteiger partial charge < -0.3 is 16.0 Å². The van der Waals surface area contributed by atoms with Crippen LogP contribution in [-0.4, -0.2) is 42.4 Å². The zero-order chi connectivity index (χ0) is 10.6. The van der Waals surface area contributed by atoms with Crippen molar-refractivity contribution in [3.05, 3.63) is 12.7 Å². The molecule has 1 aliphatic heterocycles. The van der Waals surface area contributed by atoms with Crippen molar-refractivity contribution < 1.29 is 9.59 Å². The van der Waals surface area contributed by atoms with Crippen LogP contribution in [0.4, 0.5) is 0 Å². The smallest absolute Gasteiger partial charge is 0.246 e. The summed E-state index contributed by atoms with van der Waals surface area (Å²) in [6.07, 6.45) is 1.46. The minimum atomic E-state index is -0.388. The summed E-state index contributed by atoms with van der Waals surface area (Å²) >= 11 is 0. The minimum absolute atomic E-state index is 0.133. The van der Waals surface area contributed by atoms with Crippen molar-refractivity contribution in [3.8, 4) is 0 Å². The van der Waals surface area contributed by atoms with E-state index in [1.54, 1.807) is 4.90 Å². The van der Waals surface area contributed by atoms with Crippen LogP contribution >= 0.6 is 0 Å². The lowest BCUT2D eigenvalue weighted by Crippen LogP contribution is -2.54. The fourth-order valence-corrected chi connectivity index (χ4v) is 1.58. The van der Waals surface area contributed by atoms with Crippen molar-refractivity contribution in [2.45, 2.75) is 12.5 Å². The van der Waals surface area contributed by atoms with Gasteiger partial charge in [-0.15, -0.1) is 0 Å². The summed E-state index contributed by atoms with van der Waals surface area (Å²) in [4.78, 5) is 23.8. The topological polar surface area (TPSA) is 75.4 Å². The Morgan fingerprint density at radius 1 is 1.64 bits per heavy atom. The Labute approximate surface area is 82.9 Å². The van der Waals surface area contributed by atoms with Crippen LogP contribution in [0.3, 0.4) is 0 Å². The lowest BCUT2D eigenvalue weighted by Gasteiger charge is -2.34. The summed E-state index contributed by atoms with van der Waals surface area (Å²) in [6.45, 7) is 5.38. The molecular weight excluding hydrogens is 182 g/mol. The van der Waals surface area contributed by atoms with Crippen molar-refractivity contribution in [2.24, 2.45) is 5.73 Å². The highest BCUT2D eigenvalue weighted by molar-refractivity contribution is 5.88. The predicted octanol–water partition coefficient (Wildman–Crippen LogP) is -1.15. The normalized spacial score (nSPS) is 21.7. The van der Waals surface area contributed by atoms with Gasteiger partial charge in [-0.1, -0.05) is 6.58 Å². The maximum Gasteiger partial charge on any atom is 0.246 e. The maximum atomic E-state index is 11.4. The lowest BCUT2D eigenvalue weighted by atomic mass is 10.1. The molecule has 1 rings (SSSR count). The molecule has 1 heterocycles. The number of nitrogens with zero attached hydrogens (tertiary/aromatic N) is 1. The molecular formula is C9H15N3O2. The van der Waals surface area contributed by atoms with E-state index in [1.165, 1.54) is 6.08 Å². The summed E-state index contributed by atoms with van der Waals surface area (Å²) in [5.74, 6) is -0.529. The van der Waals surface area contributed by atoms with E-state index in [0.29, 0.717) is 13.1 Å². The Balaban J connectivity index is 2.63. The second-order valence-electron chi connectivity index (χ2n) is 3.26. The molecule has 2 amide bonds. The third-order valence-corrected chi connectivity index (χ3v) is 2.24. The Morgan fingerprint density at radius 3 is 2.93 bits per heavy atom. The first-order valence-electron chi connectivity index (χ1n) is 4.57. The quantitative estimate of drug-likeness (QED) is 0.561. The molecule has 1 fully saturated rings. The molecule has 0 aliphatic carbocycles. The average molecular weight is 197 g/mol. The van der Waals surface area contributed by atoms with Gasteiger partial charge in [-0.05, 0) is 6.08 Å². The molecule has 0 spiro atoms. The molecule has 0 aromatic carbocycles. The van der Waals surface area contributed by atoms with E-state index in [1.807, 2.05) is 0 Å². The van der Waals surface area contributed by atoms with Crippen LogP contribution < -0.4 is 11.1 Å². The molecule has 0 aromatic heterocycles. The molecule has 0 aromatic rings. The molecule has 1 unspecified atom stereocenters. The monoisotopic (exact) mass is 197 g/mol. The van der Waals surface area contributed by atoms with E-state index in [9.17, 15) is 9.59 Å². The second kappa shape index (κ2) is 4.76. The number of hydrogen-bond donors (Lipinski definition) is 2. The molecule has 5 heteroatoms. The van der Waals surface area contributed by atoms with Gasteiger partial charge in [0.15, 0.2) is 0 Å². The Kier molecular flexibility index (Phi) is 3.64. The van der Waals surface area contributed by atoms with E-state index < -0.39 is 0 Å². The molecule has 5 nitrogen and oxygen atoms in total. The zero-order valence-electron chi connectivity index (χ0n) is 8.03. The number of nitrogens with one attached hydrogen (secondary N) is 1. The number of hydrogen-bond acceptors (Lipinski definition) is 3. The molecule has 1 aliphatic rings. The molecule has 78 valence electrons. The van der Waals surface area contributed by atoms with Gasteiger partial charge in [-0.2, -0.15) is 0 Å². The third kappa shape index (κ3) is 2.56. The average Bonchev–Trinajstić information content (AvgIpc) is 2.16. The second-order valence-corrected chi connectivity index (χ2v) is 3.26. The number of nitrogens with two attached hydrogens (primary N) is 1. The van der Waals surface area contributed by atoms with Gasteiger partial charge in [-0.3, -0.25) is 9.59 Å². The zero-order valence-corrected chi connectivity index (χ0v) is 8.03. The molecule has 0 radical (unpaired) electrons. The van der Waals surface area contributed by atoms with Gasteiger partial charge in [0.2, 0.25) is 11.8 Å². The van der Waals surface area contributed by atoms with Crippen LogP contribution in [0.1, 0.15) is 6.42 Å². The van der Waals surface area contributed by atoms with Crippen LogP contribution in [0.25, 0.3) is 0 Å². The van der Waals surface area contributed by atoms with Gasteiger partial charge in [0.1, 0.15) is 0 Å².